The Hall–Kier alpha value is -2.86. The van der Waals surface area contributed by atoms with Crippen LogP contribution in [-0.2, 0) is 24.3 Å². The van der Waals surface area contributed by atoms with E-state index in [0.29, 0.717) is 17.2 Å². The highest BCUT2D eigenvalue weighted by molar-refractivity contribution is 7.89. The van der Waals surface area contributed by atoms with Gasteiger partial charge < -0.3 is 24.3 Å². The lowest BCUT2D eigenvalue weighted by Gasteiger charge is -2.34. The highest BCUT2D eigenvalue weighted by Crippen LogP contribution is 2.34. The van der Waals surface area contributed by atoms with Crippen molar-refractivity contribution in [2.75, 3.05) is 25.2 Å². The molecule has 12 heteroatoms. The number of fused-ring (bicyclic) bond motifs is 1. The molecule has 1 fully saturated rings. The van der Waals surface area contributed by atoms with Crippen LogP contribution in [-0.4, -0.2) is 62.8 Å². The number of rotatable bonds is 6. The number of ether oxygens (including phenoxy) is 4. The maximum Gasteiger partial charge on any atom is 0.338 e. The van der Waals surface area contributed by atoms with Crippen LogP contribution in [0.25, 0.3) is 0 Å². The number of morpholine rings is 1. The van der Waals surface area contributed by atoms with E-state index in [0.717, 1.165) is 6.07 Å². The summed E-state index contributed by atoms with van der Waals surface area (Å²) in [5.74, 6) is -0.381. The second kappa shape index (κ2) is 10.0. The summed E-state index contributed by atoms with van der Waals surface area (Å²) in [6.45, 7) is 5.39. The molecule has 0 spiro atoms. The molecule has 188 valence electrons. The lowest BCUT2D eigenvalue weighted by Crippen LogP contribution is -2.48. The number of anilines is 1. The van der Waals surface area contributed by atoms with Gasteiger partial charge in [0.25, 0.3) is 5.91 Å². The molecule has 2 aromatic carbocycles. The average Bonchev–Trinajstić information content (AvgIpc) is 3.26. The molecule has 2 heterocycles. The largest absolute Gasteiger partial charge is 0.454 e. The molecule has 4 rings (SSSR count). The fourth-order valence-electron chi connectivity index (χ4n) is 3.79. The van der Waals surface area contributed by atoms with E-state index in [2.05, 4.69) is 5.32 Å². The van der Waals surface area contributed by atoms with Crippen LogP contribution in [0, 0.1) is 0 Å². The molecule has 0 unspecified atom stereocenters. The monoisotopic (exact) mass is 524 g/mol. The van der Waals surface area contributed by atoms with Gasteiger partial charge in [-0.25, -0.2) is 13.2 Å². The maximum absolute atomic E-state index is 13.2. The Bertz CT molecular complexity index is 1240. The summed E-state index contributed by atoms with van der Waals surface area (Å²) in [4.78, 5) is 25.0. The first kappa shape index (κ1) is 25.2. The molecule has 2 aliphatic heterocycles. The molecule has 0 saturated carbocycles. The van der Waals surface area contributed by atoms with E-state index in [1.165, 1.54) is 23.4 Å². The summed E-state index contributed by atoms with van der Waals surface area (Å²) in [7, 11) is -3.99. The third-order valence-corrected chi connectivity index (χ3v) is 7.78. The van der Waals surface area contributed by atoms with Crippen molar-refractivity contribution in [3.05, 3.63) is 47.0 Å². The Morgan fingerprint density at radius 1 is 1.09 bits per heavy atom. The quantitative estimate of drug-likeness (QED) is 0.572. The second-order valence-electron chi connectivity index (χ2n) is 8.33. The first-order valence-electron chi connectivity index (χ1n) is 10.9. The second-order valence-corrected chi connectivity index (χ2v) is 10.6. The zero-order valence-corrected chi connectivity index (χ0v) is 20.9. The van der Waals surface area contributed by atoms with Gasteiger partial charge in [-0.2, -0.15) is 4.31 Å². The van der Waals surface area contributed by atoms with Gasteiger partial charge in [-0.1, -0.05) is 11.6 Å². The van der Waals surface area contributed by atoms with Crippen molar-refractivity contribution in [1.29, 1.82) is 0 Å². The molecule has 0 aliphatic carbocycles. The molecule has 0 aromatic heterocycles. The first-order valence-corrected chi connectivity index (χ1v) is 12.7. The number of amides is 1. The summed E-state index contributed by atoms with van der Waals surface area (Å²) in [5, 5.41) is 2.61. The van der Waals surface area contributed by atoms with Crippen molar-refractivity contribution in [3.63, 3.8) is 0 Å². The van der Waals surface area contributed by atoms with E-state index in [-0.39, 0.29) is 47.6 Å². The van der Waals surface area contributed by atoms with Crippen LogP contribution in [0.3, 0.4) is 0 Å². The predicted octanol–water partition coefficient (Wildman–Crippen LogP) is 3.05. The van der Waals surface area contributed by atoms with E-state index in [1.807, 2.05) is 0 Å². The Morgan fingerprint density at radius 3 is 2.49 bits per heavy atom. The van der Waals surface area contributed by atoms with Gasteiger partial charge in [0, 0.05) is 24.8 Å². The van der Waals surface area contributed by atoms with E-state index < -0.39 is 28.0 Å². The summed E-state index contributed by atoms with van der Waals surface area (Å²) in [5.41, 5.74) is 0.390. The number of nitrogens with one attached hydrogen (secondary N) is 1. The van der Waals surface area contributed by atoms with Crippen molar-refractivity contribution in [2.45, 2.75) is 44.0 Å². The van der Waals surface area contributed by atoms with Gasteiger partial charge in [-0.05, 0) is 51.1 Å². The normalized spacial score (nSPS) is 20.8. The van der Waals surface area contributed by atoms with Gasteiger partial charge in [0.15, 0.2) is 17.6 Å². The summed E-state index contributed by atoms with van der Waals surface area (Å²) >= 11 is 6.19. The third-order valence-electron chi connectivity index (χ3n) is 5.46. The van der Waals surface area contributed by atoms with Crippen LogP contribution in [0.2, 0.25) is 5.02 Å². The fourth-order valence-corrected chi connectivity index (χ4v) is 5.89. The highest BCUT2D eigenvalue weighted by Gasteiger charge is 2.34. The van der Waals surface area contributed by atoms with Crippen molar-refractivity contribution in [1.82, 2.24) is 4.31 Å². The lowest BCUT2D eigenvalue weighted by atomic mass is 10.2. The number of nitrogens with zero attached hydrogens (tertiary/aromatic N) is 1. The number of sulfonamides is 1. The standard InChI is InChI=1S/C23H25ClN2O8S/c1-13-10-26(11-14(2)33-13)35(29,30)21-8-16(4-6-18(21)24)23(28)34-15(3)22(27)25-17-5-7-19-20(9-17)32-12-31-19/h4-9,13-15H,10-12H2,1-3H3,(H,25,27)/t13-,14-,15+/m1/s1. The molecule has 2 aliphatic rings. The van der Waals surface area contributed by atoms with Crippen LogP contribution >= 0.6 is 11.6 Å². The summed E-state index contributed by atoms with van der Waals surface area (Å²) in [6, 6.07) is 8.70. The van der Waals surface area contributed by atoms with Crippen molar-refractivity contribution < 1.29 is 37.0 Å². The zero-order valence-electron chi connectivity index (χ0n) is 19.3. The van der Waals surface area contributed by atoms with E-state index >= 15 is 0 Å². The van der Waals surface area contributed by atoms with Gasteiger partial charge in [0.2, 0.25) is 16.8 Å². The fraction of sp³-hybridized carbons (Fsp3) is 0.391. The topological polar surface area (TPSA) is 120 Å². The smallest absolute Gasteiger partial charge is 0.338 e. The molecule has 1 amide bonds. The van der Waals surface area contributed by atoms with Crippen LogP contribution in [0.4, 0.5) is 5.69 Å². The van der Waals surface area contributed by atoms with Gasteiger partial charge in [-0.3, -0.25) is 4.79 Å². The van der Waals surface area contributed by atoms with Gasteiger partial charge >= 0.3 is 5.97 Å². The lowest BCUT2D eigenvalue weighted by molar-refractivity contribution is -0.123. The molecular weight excluding hydrogens is 500 g/mol. The van der Waals surface area contributed by atoms with E-state index in [9.17, 15) is 18.0 Å². The summed E-state index contributed by atoms with van der Waals surface area (Å²) in [6.07, 6.45) is -1.74. The first-order chi connectivity index (χ1) is 16.5. The van der Waals surface area contributed by atoms with Gasteiger partial charge in [-0.15, -0.1) is 0 Å². The van der Waals surface area contributed by atoms with Crippen LogP contribution in [0.5, 0.6) is 11.5 Å². The highest BCUT2D eigenvalue weighted by atomic mass is 35.5. The number of benzene rings is 2. The molecule has 1 N–H and O–H groups in total. The van der Waals surface area contributed by atoms with E-state index in [4.69, 9.17) is 30.5 Å². The average molecular weight is 525 g/mol. The minimum Gasteiger partial charge on any atom is -0.454 e. The molecule has 3 atom stereocenters. The van der Waals surface area contributed by atoms with Crippen molar-refractivity contribution in [3.8, 4) is 11.5 Å². The Labute approximate surface area is 208 Å². The molecular formula is C23H25ClN2O8S. The van der Waals surface area contributed by atoms with Crippen molar-refractivity contribution in [2.24, 2.45) is 0 Å². The van der Waals surface area contributed by atoms with Crippen LogP contribution in [0.15, 0.2) is 41.3 Å². The molecule has 1 saturated heterocycles. The maximum atomic E-state index is 13.2. The molecule has 10 nitrogen and oxygen atoms in total. The Morgan fingerprint density at radius 2 is 1.77 bits per heavy atom. The zero-order chi connectivity index (χ0) is 25.3. The number of hydrogen-bond acceptors (Lipinski definition) is 8. The number of hydrogen-bond donors (Lipinski definition) is 1. The number of carbonyl (C=O) groups is 2. The number of halogens is 1. The SMILES string of the molecule is C[C@@H]1CN(S(=O)(=O)c2cc(C(=O)O[C@@H](C)C(=O)Nc3ccc4c(c3)OCO4)ccc2Cl)C[C@@H](C)O1. The van der Waals surface area contributed by atoms with E-state index in [1.54, 1.807) is 32.0 Å². The third kappa shape index (κ3) is 5.53. The Kier molecular flexibility index (Phi) is 7.22. The van der Waals surface area contributed by atoms with Crippen LogP contribution < -0.4 is 14.8 Å². The van der Waals surface area contributed by atoms with Crippen LogP contribution in [0.1, 0.15) is 31.1 Å². The minimum atomic E-state index is -3.99. The summed E-state index contributed by atoms with van der Waals surface area (Å²) < 4.78 is 49.1. The Balaban J connectivity index is 1.46. The van der Waals surface area contributed by atoms with Gasteiger partial charge in [0.05, 0.1) is 22.8 Å². The minimum absolute atomic E-state index is 0.0260. The molecule has 0 bridgehead atoms. The number of carbonyl (C=O) groups excluding carboxylic acids is 2. The molecule has 0 radical (unpaired) electrons. The van der Waals surface area contributed by atoms with Crippen molar-refractivity contribution >= 4 is 39.2 Å². The predicted molar refractivity (Wildman–Crippen MR) is 126 cm³/mol. The van der Waals surface area contributed by atoms with Gasteiger partial charge in [0.1, 0.15) is 4.90 Å². The number of esters is 1. The molecule has 2 aromatic rings. The molecule has 35 heavy (non-hydrogen) atoms.